The molecule has 2 aromatic rings. The van der Waals surface area contributed by atoms with Crippen LogP contribution in [-0.2, 0) is 14.3 Å². The third-order valence-corrected chi connectivity index (χ3v) is 7.46. The van der Waals surface area contributed by atoms with Crippen molar-refractivity contribution in [2.75, 3.05) is 6.61 Å². The van der Waals surface area contributed by atoms with Crippen LogP contribution < -0.4 is 10.6 Å². The van der Waals surface area contributed by atoms with Gasteiger partial charge in [0.2, 0.25) is 5.91 Å². The molecule has 5 rings (SSSR count). The third-order valence-electron chi connectivity index (χ3n) is 7.46. The number of alkyl carbamates (subject to hydrolysis) is 1. The zero-order valence-electron chi connectivity index (χ0n) is 18.4. The van der Waals surface area contributed by atoms with Gasteiger partial charge in [0.15, 0.2) is 0 Å². The van der Waals surface area contributed by atoms with E-state index in [1.807, 2.05) is 36.4 Å². The summed E-state index contributed by atoms with van der Waals surface area (Å²) in [6.07, 6.45) is 3.65. The summed E-state index contributed by atoms with van der Waals surface area (Å²) in [5.74, 6) is -1.07. The molecule has 2 aromatic carbocycles. The highest BCUT2D eigenvalue weighted by atomic mass is 16.5. The largest absolute Gasteiger partial charge is 0.481 e. The van der Waals surface area contributed by atoms with Crippen molar-refractivity contribution in [2.24, 2.45) is 5.92 Å². The Labute approximate surface area is 192 Å². The molecule has 1 unspecified atom stereocenters. The molecule has 0 heterocycles. The number of carbonyl (C=O) groups is 3. The lowest BCUT2D eigenvalue weighted by molar-refractivity contribution is -0.140. The number of benzene rings is 2. The lowest BCUT2D eigenvalue weighted by atomic mass is 9.93. The smallest absolute Gasteiger partial charge is 0.407 e. The third kappa shape index (κ3) is 4.19. The number of carboxylic acid groups (broad SMARTS) is 1. The first-order valence-corrected chi connectivity index (χ1v) is 11.6. The van der Waals surface area contributed by atoms with Gasteiger partial charge < -0.3 is 20.5 Å². The van der Waals surface area contributed by atoms with Crippen molar-refractivity contribution in [3.63, 3.8) is 0 Å². The number of amides is 2. The van der Waals surface area contributed by atoms with E-state index in [1.54, 1.807) is 0 Å². The Balaban J connectivity index is 1.24. The number of ether oxygens (including phenoxy) is 1. The van der Waals surface area contributed by atoms with Crippen molar-refractivity contribution in [1.82, 2.24) is 10.6 Å². The molecule has 3 N–H and O–H groups in total. The minimum Gasteiger partial charge on any atom is -0.481 e. The minimum atomic E-state index is -1.17. The van der Waals surface area contributed by atoms with Crippen molar-refractivity contribution in [3.05, 3.63) is 59.7 Å². The minimum absolute atomic E-state index is 0.104. The second kappa shape index (κ2) is 8.54. The van der Waals surface area contributed by atoms with E-state index in [0.29, 0.717) is 5.92 Å². The molecule has 3 aliphatic carbocycles. The molecule has 7 nitrogen and oxygen atoms in total. The van der Waals surface area contributed by atoms with Gasteiger partial charge in [-0.2, -0.15) is 0 Å². The molecular formula is C26H28N2O5. The van der Waals surface area contributed by atoms with E-state index in [-0.39, 0.29) is 18.1 Å². The number of nitrogens with one attached hydrogen (secondary N) is 2. The van der Waals surface area contributed by atoms with Gasteiger partial charge in [0.25, 0.3) is 0 Å². The SMILES string of the molecule is O=C(O)CC(NC(=O)OCC1c2ccccc2-c2ccccc21)C(=O)NC12CCC(CC1)C2. The summed E-state index contributed by atoms with van der Waals surface area (Å²) in [4.78, 5) is 36.9. The molecule has 33 heavy (non-hydrogen) atoms. The quantitative estimate of drug-likeness (QED) is 0.597. The molecule has 0 saturated heterocycles. The van der Waals surface area contributed by atoms with Crippen LogP contribution in [0.15, 0.2) is 48.5 Å². The molecule has 3 aliphatic rings. The summed E-state index contributed by atoms with van der Waals surface area (Å²) < 4.78 is 5.51. The number of carbonyl (C=O) groups excluding carboxylic acids is 2. The Kier molecular flexibility index (Phi) is 5.56. The van der Waals surface area contributed by atoms with Crippen molar-refractivity contribution in [2.45, 2.75) is 56.0 Å². The number of aliphatic carboxylic acids is 1. The molecule has 2 bridgehead atoms. The molecule has 2 amide bonds. The maximum absolute atomic E-state index is 12.9. The Morgan fingerprint density at radius 3 is 2.15 bits per heavy atom. The van der Waals surface area contributed by atoms with Crippen molar-refractivity contribution in [3.8, 4) is 11.1 Å². The molecule has 2 saturated carbocycles. The van der Waals surface area contributed by atoms with Gasteiger partial charge in [-0.15, -0.1) is 0 Å². The van der Waals surface area contributed by atoms with Gasteiger partial charge in [-0.05, 0) is 60.3 Å². The monoisotopic (exact) mass is 448 g/mol. The van der Waals surface area contributed by atoms with Crippen LogP contribution in [0.1, 0.15) is 55.6 Å². The normalized spacial score (nSPS) is 23.5. The summed E-state index contributed by atoms with van der Waals surface area (Å²) in [6, 6.07) is 14.9. The zero-order valence-corrected chi connectivity index (χ0v) is 18.4. The summed E-state index contributed by atoms with van der Waals surface area (Å²) in [6.45, 7) is 0.104. The predicted molar refractivity (Wildman–Crippen MR) is 122 cm³/mol. The van der Waals surface area contributed by atoms with E-state index in [1.165, 1.54) is 0 Å². The van der Waals surface area contributed by atoms with Gasteiger partial charge in [0.05, 0.1) is 6.42 Å². The molecular weight excluding hydrogens is 420 g/mol. The van der Waals surface area contributed by atoms with Crippen LogP contribution in [0.3, 0.4) is 0 Å². The Morgan fingerprint density at radius 2 is 1.61 bits per heavy atom. The Bertz CT molecular complexity index is 1040. The maximum Gasteiger partial charge on any atom is 0.407 e. The van der Waals surface area contributed by atoms with E-state index in [9.17, 15) is 19.5 Å². The fourth-order valence-electron chi connectivity index (χ4n) is 5.88. The van der Waals surface area contributed by atoms with Gasteiger partial charge in [0.1, 0.15) is 12.6 Å². The molecule has 2 fully saturated rings. The van der Waals surface area contributed by atoms with Crippen LogP contribution in [0, 0.1) is 5.92 Å². The second-order valence-corrected chi connectivity index (χ2v) is 9.54. The van der Waals surface area contributed by atoms with Gasteiger partial charge in [0, 0.05) is 11.5 Å². The zero-order chi connectivity index (χ0) is 23.0. The van der Waals surface area contributed by atoms with Gasteiger partial charge in [-0.3, -0.25) is 9.59 Å². The number of hydrogen-bond donors (Lipinski definition) is 3. The molecule has 0 spiro atoms. The van der Waals surface area contributed by atoms with Crippen molar-refractivity contribution in [1.29, 1.82) is 0 Å². The molecule has 0 aliphatic heterocycles. The predicted octanol–water partition coefficient (Wildman–Crippen LogP) is 3.82. The highest BCUT2D eigenvalue weighted by Gasteiger charge is 2.46. The van der Waals surface area contributed by atoms with Crippen LogP contribution in [0.5, 0.6) is 0 Å². The highest BCUT2D eigenvalue weighted by molar-refractivity contribution is 5.89. The Morgan fingerprint density at radius 1 is 1.00 bits per heavy atom. The number of hydrogen-bond acceptors (Lipinski definition) is 4. The number of fused-ring (bicyclic) bond motifs is 5. The topological polar surface area (TPSA) is 105 Å². The van der Waals surface area contributed by atoms with Crippen LogP contribution in [0.4, 0.5) is 4.79 Å². The molecule has 1 atom stereocenters. The van der Waals surface area contributed by atoms with E-state index in [4.69, 9.17) is 4.74 Å². The van der Waals surface area contributed by atoms with Crippen molar-refractivity contribution < 1.29 is 24.2 Å². The lowest BCUT2D eigenvalue weighted by Crippen LogP contribution is -2.54. The summed E-state index contributed by atoms with van der Waals surface area (Å²) in [5.41, 5.74) is 4.17. The Hall–Kier alpha value is -3.35. The first-order valence-electron chi connectivity index (χ1n) is 11.6. The van der Waals surface area contributed by atoms with Gasteiger partial charge in [-0.1, -0.05) is 48.5 Å². The molecule has 0 radical (unpaired) electrons. The van der Waals surface area contributed by atoms with Crippen molar-refractivity contribution >= 4 is 18.0 Å². The second-order valence-electron chi connectivity index (χ2n) is 9.54. The fourth-order valence-corrected chi connectivity index (χ4v) is 5.88. The van der Waals surface area contributed by atoms with E-state index < -0.39 is 30.4 Å². The summed E-state index contributed by atoms with van der Waals surface area (Å²) in [5, 5.41) is 14.8. The summed E-state index contributed by atoms with van der Waals surface area (Å²) >= 11 is 0. The first kappa shape index (κ1) is 21.5. The van der Waals surface area contributed by atoms with Crippen LogP contribution >= 0.6 is 0 Å². The molecule has 7 heteroatoms. The standard InChI is InChI=1S/C26H28N2O5/c29-23(30)13-22(24(31)28-26-11-9-16(14-26)10-12-26)27-25(32)33-15-21-19-7-3-1-5-17(19)18-6-2-4-8-20(18)21/h1-8,16,21-22H,9-15H2,(H,27,32)(H,28,31)(H,29,30). The number of carboxylic acids is 1. The van der Waals surface area contributed by atoms with Gasteiger partial charge in [-0.25, -0.2) is 4.79 Å². The maximum atomic E-state index is 12.9. The summed E-state index contributed by atoms with van der Waals surface area (Å²) in [7, 11) is 0. The first-order chi connectivity index (χ1) is 15.9. The average molecular weight is 449 g/mol. The fraction of sp³-hybridized carbons (Fsp3) is 0.423. The van der Waals surface area contributed by atoms with E-state index in [0.717, 1.165) is 54.4 Å². The van der Waals surface area contributed by atoms with E-state index >= 15 is 0 Å². The number of rotatable bonds is 7. The van der Waals surface area contributed by atoms with Crippen LogP contribution in [-0.4, -0.2) is 41.3 Å². The van der Waals surface area contributed by atoms with Crippen LogP contribution in [0.2, 0.25) is 0 Å². The van der Waals surface area contributed by atoms with E-state index in [2.05, 4.69) is 22.8 Å². The highest BCUT2D eigenvalue weighted by Crippen LogP contribution is 2.47. The van der Waals surface area contributed by atoms with Gasteiger partial charge >= 0.3 is 12.1 Å². The molecule has 172 valence electrons. The average Bonchev–Trinajstić information content (AvgIpc) is 3.48. The van der Waals surface area contributed by atoms with Crippen LogP contribution in [0.25, 0.3) is 11.1 Å². The molecule has 0 aromatic heterocycles. The lowest BCUT2D eigenvalue weighted by Gasteiger charge is -2.30.